The van der Waals surface area contributed by atoms with Crippen molar-refractivity contribution in [2.45, 2.75) is 33.9 Å². The quantitative estimate of drug-likeness (QED) is 0.312. The van der Waals surface area contributed by atoms with Crippen LogP contribution in [0.2, 0.25) is 0 Å². The monoisotopic (exact) mass is 526 g/mol. The van der Waals surface area contributed by atoms with Crippen LogP contribution in [0.1, 0.15) is 22.5 Å². The number of amides is 1. The molecule has 0 radical (unpaired) electrons. The van der Waals surface area contributed by atoms with E-state index in [0.29, 0.717) is 28.5 Å². The first-order chi connectivity index (χ1) is 18.7. The normalized spacial score (nSPS) is 11.1. The summed E-state index contributed by atoms with van der Waals surface area (Å²) < 4.78 is 14.7. The maximum Gasteiger partial charge on any atom is 0.329 e. The molecule has 0 bridgehead atoms. The van der Waals surface area contributed by atoms with E-state index in [4.69, 9.17) is 9.47 Å². The van der Waals surface area contributed by atoms with Crippen LogP contribution < -0.4 is 20.5 Å². The number of fused-ring (bicyclic) bond motifs is 1. The molecule has 2 N–H and O–H groups in total. The van der Waals surface area contributed by atoms with E-state index < -0.39 is 0 Å². The zero-order valence-corrected chi connectivity index (χ0v) is 22.5. The molecule has 10 nitrogen and oxygen atoms in total. The van der Waals surface area contributed by atoms with Gasteiger partial charge in [0.25, 0.3) is 0 Å². The van der Waals surface area contributed by atoms with E-state index in [0.717, 1.165) is 33.3 Å². The summed E-state index contributed by atoms with van der Waals surface area (Å²) in [5.74, 6) is 1.44. The molecule has 0 fully saturated rings. The van der Waals surface area contributed by atoms with E-state index in [9.17, 15) is 9.59 Å². The SMILES string of the molecule is COc1cc(-c2cc(C)cc3c2n(C)c(=O)n3CC(=O)Nc2ccc(C)cc2)c(C)cc1OCc1ncn[nH]1. The predicted octanol–water partition coefficient (Wildman–Crippen LogP) is 4.28. The number of carbonyl (C=O) groups is 1. The fraction of sp³-hybridized carbons (Fsp3) is 0.241. The van der Waals surface area contributed by atoms with Gasteiger partial charge in [-0.05, 0) is 73.9 Å². The number of carbonyl (C=O) groups excluding carboxylic acids is 1. The highest BCUT2D eigenvalue weighted by molar-refractivity contribution is 5.96. The fourth-order valence-corrected chi connectivity index (χ4v) is 4.71. The molecule has 10 heteroatoms. The lowest BCUT2D eigenvalue weighted by atomic mass is 9.96. The number of anilines is 1. The van der Waals surface area contributed by atoms with Gasteiger partial charge in [-0.3, -0.25) is 19.0 Å². The van der Waals surface area contributed by atoms with Crippen molar-refractivity contribution in [2.75, 3.05) is 12.4 Å². The van der Waals surface area contributed by atoms with Crippen LogP contribution in [-0.2, 0) is 25.0 Å². The second kappa shape index (κ2) is 10.5. The number of aromatic amines is 1. The third kappa shape index (κ3) is 5.13. The van der Waals surface area contributed by atoms with Gasteiger partial charge in [-0.15, -0.1) is 0 Å². The van der Waals surface area contributed by atoms with E-state index in [1.807, 2.05) is 69.3 Å². The highest BCUT2D eigenvalue weighted by atomic mass is 16.5. The Hall–Kier alpha value is -4.86. The molecule has 0 atom stereocenters. The van der Waals surface area contributed by atoms with Crippen LogP contribution in [0.5, 0.6) is 11.5 Å². The zero-order valence-electron chi connectivity index (χ0n) is 22.5. The van der Waals surface area contributed by atoms with Crippen LogP contribution >= 0.6 is 0 Å². The molecule has 0 aliphatic heterocycles. The number of rotatable bonds is 8. The van der Waals surface area contributed by atoms with Crippen LogP contribution in [0.3, 0.4) is 0 Å². The Morgan fingerprint density at radius 1 is 1.00 bits per heavy atom. The van der Waals surface area contributed by atoms with E-state index in [1.54, 1.807) is 18.7 Å². The molecular weight excluding hydrogens is 496 g/mol. The van der Waals surface area contributed by atoms with Gasteiger partial charge in [0.05, 0.1) is 18.1 Å². The smallest absolute Gasteiger partial charge is 0.329 e. The number of benzene rings is 3. The molecule has 0 aliphatic rings. The fourth-order valence-electron chi connectivity index (χ4n) is 4.71. The summed E-state index contributed by atoms with van der Waals surface area (Å²) in [6.45, 7) is 6.04. The van der Waals surface area contributed by atoms with Gasteiger partial charge in [0, 0.05) is 18.3 Å². The van der Waals surface area contributed by atoms with Gasteiger partial charge in [-0.2, -0.15) is 5.10 Å². The van der Waals surface area contributed by atoms with Gasteiger partial charge in [-0.1, -0.05) is 17.7 Å². The Kier molecular flexibility index (Phi) is 6.93. The first-order valence-corrected chi connectivity index (χ1v) is 12.5. The Bertz CT molecular complexity index is 1720. The summed E-state index contributed by atoms with van der Waals surface area (Å²) in [6, 6.07) is 15.3. The molecule has 0 saturated carbocycles. The standard InChI is InChI=1S/C29H30N6O4/c1-17-6-8-20(9-7-17)32-27(36)14-35-23-11-18(2)10-22(28(23)34(4)29(35)37)21-13-24(38-5)25(12-19(21)3)39-15-26-30-16-31-33-26/h6-13,16H,14-15H2,1-5H3,(H,32,36)(H,30,31,33). The third-order valence-electron chi connectivity index (χ3n) is 6.65. The summed E-state index contributed by atoms with van der Waals surface area (Å²) in [5, 5.41) is 9.50. The van der Waals surface area contributed by atoms with Gasteiger partial charge in [0.1, 0.15) is 19.5 Å². The molecule has 0 saturated heterocycles. The molecule has 200 valence electrons. The van der Waals surface area contributed by atoms with Gasteiger partial charge in [0.15, 0.2) is 17.3 Å². The topological polar surface area (TPSA) is 116 Å². The molecule has 39 heavy (non-hydrogen) atoms. The maximum atomic E-state index is 13.4. The Labute approximate surface area is 225 Å². The molecule has 5 aromatic rings. The number of H-pyrrole nitrogens is 1. The van der Waals surface area contributed by atoms with E-state index >= 15 is 0 Å². The number of hydrogen-bond acceptors (Lipinski definition) is 6. The van der Waals surface area contributed by atoms with Crippen LogP contribution in [-0.4, -0.2) is 37.3 Å². The lowest BCUT2D eigenvalue weighted by Gasteiger charge is -2.16. The second-order valence-electron chi connectivity index (χ2n) is 9.56. The molecular formula is C29H30N6O4. The average molecular weight is 527 g/mol. The lowest BCUT2D eigenvalue weighted by molar-refractivity contribution is -0.116. The molecule has 0 spiro atoms. The number of methoxy groups -OCH3 is 1. The Morgan fingerprint density at radius 2 is 1.77 bits per heavy atom. The number of aryl methyl sites for hydroxylation is 4. The van der Waals surface area contributed by atoms with Gasteiger partial charge in [-0.25, -0.2) is 9.78 Å². The van der Waals surface area contributed by atoms with Crippen molar-refractivity contribution in [3.05, 3.63) is 87.9 Å². The first-order valence-electron chi connectivity index (χ1n) is 12.5. The summed E-state index contributed by atoms with van der Waals surface area (Å²) in [6.07, 6.45) is 1.43. The first kappa shape index (κ1) is 25.8. The van der Waals surface area contributed by atoms with Crippen molar-refractivity contribution < 1.29 is 14.3 Å². The van der Waals surface area contributed by atoms with Gasteiger partial charge >= 0.3 is 5.69 Å². The van der Waals surface area contributed by atoms with Crippen LogP contribution in [0.25, 0.3) is 22.2 Å². The number of imidazole rings is 1. The summed E-state index contributed by atoms with van der Waals surface area (Å²) >= 11 is 0. The van der Waals surface area contributed by atoms with Gasteiger partial charge < -0.3 is 14.8 Å². The van der Waals surface area contributed by atoms with Crippen molar-refractivity contribution in [1.82, 2.24) is 24.3 Å². The third-order valence-corrected chi connectivity index (χ3v) is 6.65. The molecule has 5 rings (SSSR count). The molecule has 0 aliphatic carbocycles. The van der Waals surface area contributed by atoms with Crippen LogP contribution in [0, 0.1) is 20.8 Å². The number of ether oxygens (including phenoxy) is 2. The number of aromatic nitrogens is 5. The second-order valence-corrected chi connectivity index (χ2v) is 9.56. The Morgan fingerprint density at radius 3 is 2.46 bits per heavy atom. The van der Waals surface area contributed by atoms with Crippen molar-refractivity contribution in [3.8, 4) is 22.6 Å². The maximum absolute atomic E-state index is 13.4. The highest BCUT2D eigenvalue weighted by Gasteiger charge is 2.20. The zero-order chi connectivity index (χ0) is 27.7. The summed E-state index contributed by atoms with van der Waals surface area (Å²) in [7, 11) is 3.31. The minimum atomic E-state index is -0.275. The molecule has 3 aromatic carbocycles. The van der Waals surface area contributed by atoms with Crippen molar-refractivity contribution >= 4 is 22.6 Å². The average Bonchev–Trinajstić information content (AvgIpc) is 3.51. The van der Waals surface area contributed by atoms with Gasteiger partial charge in [0.2, 0.25) is 5.91 Å². The number of hydrogen-bond donors (Lipinski definition) is 2. The van der Waals surface area contributed by atoms with E-state index in [1.165, 1.54) is 10.9 Å². The lowest BCUT2D eigenvalue weighted by Crippen LogP contribution is -2.28. The molecule has 2 aromatic heterocycles. The summed E-state index contributed by atoms with van der Waals surface area (Å²) in [4.78, 5) is 30.4. The highest BCUT2D eigenvalue weighted by Crippen LogP contribution is 2.39. The predicted molar refractivity (Wildman–Crippen MR) is 149 cm³/mol. The molecule has 1 amide bonds. The molecule has 0 unspecified atom stereocenters. The minimum absolute atomic E-state index is 0.107. The van der Waals surface area contributed by atoms with Crippen molar-refractivity contribution in [1.29, 1.82) is 0 Å². The van der Waals surface area contributed by atoms with Crippen LogP contribution in [0.15, 0.2) is 59.7 Å². The minimum Gasteiger partial charge on any atom is -0.493 e. The largest absolute Gasteiger partial charge is 0.493 e. The van der Waals surface area contributed by atoms with Crippen molar-refractivity contribution in [2.24, 2.45) is 7.05 Å². The van der Waals surface area contributed by atoms with E-state index in [-0.39, 0.29) is 24.7 Å². The van der Waals surface area contributed by atoms with E-state index in [2.05, 4.69) is 20.5 Å². The number of nitrogens with zero attached hydrogens (tertiary/aromatic N) is 4. The van der Waals surface area contributed by atoms with Crippen molar-refractivity contribution in [3.63, 3.8) is 0 Å². The Balaban J connectivity index is 1.53. The van der Waals surface area contributed by atoms with Crippen LogP contribution in [0.4, 0.5) is 5.69 Å². The molecule has 2 heterocycles. The number of nitrogens with one attached hydrogen (secondary N) is 2. The summed E-state index contributed by atoms with van der Waals surface area (Å²) in [5.41, 5.74) is 6.57.